The number of likely N-dealkylation sites (tertiary alicyclic amines) is 2. The smallest absolute Gasteiger partial charge is 0.407 e. The number of hydrogen-bond acceptors (Lipinski definition) is 11. The van der Waals surface area contributed by atoms with Crippen molar-refractivity contribution < 1.29 is 28.6 Å². The van der Waals surface area contributed by atoms with E-state index in [0.717, 1.165) is 84.9 Å². The molecule has 10 rings (SSSR count). The van der Waals surface area contributed by atoms with Crippen LogP contribution < -0.4 is 20.5 Å². The summed E-state index contributed by atoms with van der Waals surface area (Å²) in [7, 11) is 7.23. The fourth-order valence-corrected chi connectivity index (χ4v) is 11.8. The quantitative estimate of drug-likeness (QED) is 0.143. The second-order valence-electron chi connectivity index (χ2n) is 18.9. The Morgan fingerprint density at radius 1 is 0.725 bits per heavy atom. The van der Waals surface area contributed by atoms with E-state index < -0.39 is 11.7 Å². The van der Waals surface area contributed by atoms with Crippen LogP contribution in [0, 0.1) is 0 Å². The third-order valence-electron chi connectivity index (χ3n) is 13.1. The number of methoxy groups -OCH3 is 2. The third-order valence-corrected chi connectivity index (χ3v) is 15.0. The Hall–Kier alpha value is -6.37. The predicted octanol–water partition coefficient (Wildman–Crippen LogP) is 9.26. The highest BCUT2D eigenvalue weighted by molar-refractivity contribution is 7.17. The minimum Gasteiger partial charge on any atom is -0.494 e. The van der Waals surface area contributed by atoms with E-state index in [2.05, 4.69) is 67.9 Å². The van der Waals surface area contributed by atoms with Crippen LogP contribution in [0.5, 0.6) is 11.5 Å². The maximum absolute atomic E-state index is 13.6. The Kier molecular flexibility index (Phi) is 13.3. The lowest BCUT2D eigenvalue weighted by Gasteiger charge is -2.33. The first-order valence-electron chi connectivity index (χ1n) is 23.7. The third kappa shape index (κ3) is 9.17. The Bertz CT molecular complexity index is 3220. The molecule has 0 aliphatic carbocycles. The highest BCUT2D eigenvalue weighted by Crippen LogP contribution is 2.38. The summed E-state index contributed by atoms with van der Waals surface area (Å²) in [5.74, 6) is 2.82. The van der Waals surface area contributed by atoms with Crippen molar-refractivity contribution in [1.82, 2.24) is 43.4 Å². The SMILES string of the molecule is CCn1c(-c2nc3cc(C(=O)N4CCC[C@@H](N)C4)cc(OC)c3n2C)cc2ccsc21.CCn1c(-c2nc3cc(C(=O)N4CCC[C@@H](NC(=O)OC(C)(C)C)C4)cc(OC)c3n2C)cc2ccsc21. The van der Waals surface area contributed by atoms with Gasteiger partial charge >= 0.3 is 6.09 Å². The summed E-state index contributed by atoms with van der Waals surface area (Å²) in [5.41, 5.74) is 11.9. The minimum atomic E-state index is -0.573. The standard InChI is InChI=1S/C28H35N5O4S.C23H27N5O2S/c1-7-33-21(14-17-10-12-38-26(17)33)24-30-20-13-18(15-22(36-6)23(20)31(24)5)25(34)32-11-8-9-19(16-32)29-27(35)37-28(2,3)4;1-4-28-18(11-14-7-9-31-23(14)28)21-25-17-10-15(12-19(30-3)20(17)26(21)2)22(29)27-8-5-6-16(24)13-27/h10,12-15,19H,7-9,11,16H2,1-6H3,(H,29,35);7,9-12,16H,4-6,8,13,24H2,1-3H3/t19-;16-/m11/s1. The molecule has 3 amide bonds. The van der Waals surface area contributed by atoms with Crippen molar-refractivity contribution in [1.29, 1.82) is 0 Å². The van der Waals surface area contributed by atoms with Gasteiger partial charge in [-0.1, -0.05) is 0 Å². The molecule has 3 N–H and O–H groups in total. The van der Waals surface area contributed by atoms with Gasteiger partial charge in [0.05, 0.1) is 36.6 Å². The number of aryl methyl sites for hydroxylation is 4. The molecule has 0 radical (unpaired) electrons. The molecule has 8 aromatic rings. The van der Waals surface area contributed by atoms with Crippen LogP contribution in [-0.4, -0.2) is 114 Å². The van der Waals surface area contributed by atoms with Crippen LogP contribution in [0.3, 0.4) is 0 Å². The number of aromatic nitrogens is 6. The van der Waals surface area contributed by atoms with Crippen LogP contribution in [-0.2, 0) is 31.9 Å². The van der Waals surface area contributed by atoms with Gasteiger partial charge in [0.25, 0.3) is 11.8 Å². The Morgan fingerprint density at radius 2 is 1.20 bits per heavy atom. The molecule has 2 aromatic carbocycles. The first-order valence-corrected chi connectivity index (χ1v) is 25.4. The molecule has 8 heterocycles. The zero-order valence-electron chi connectivity index (χ0n) is 40.9. The molecule has 364 valence electrons. The number of ether oxygens (including phenoxy) is 3. The normalized spacial score (nSPS) is 16.6. The number of nitrogens with two attached hydrogens (primary N) is 1. The molecule has 18 heteroatoms. The Morgan fingerprint density at radius 3 is 1.65 bits per heavy atom. The fraction of sp³-hybridized carbons (Fsp3) is 0.431. The van der Waals surface area contributed by atoms with E-state index in [9.17, 15) is 14.4 Å². The van der Waals surface area contributed by atoms with Gasteiger partial charge in [-0.2, -0.15) is 0 Å². The van der Waals surface area contributed by atoms with Gasteiger partial charge in [-0.15, -0.1) is 22.7 Å². The molecule has 0 saturated carbocycles. The molecule has 2 atom stereocenters. The van der Waals surface area contributed by atoms with Crippen molar-refractivity contribution in [3.05, 3.63) is 70.4 Å². The maximum Gasteiger partial charge on any atom is 0.407 e. The average Bonchev–Trinajstić information content (AvgIpc) is 4.19. The number of carbonyl (C=O) groups excluding carboxylic acids is 3. The van der Waals surface area contributed by atoms with Gasteiger partial charge in [-0.3, -0.25) is 9.59 Å². The molecular weight excluding hydrogens is 913 g/mol. The molecule has 6 aromatic heterocycles. The van der Waals surface area contributed by atoms with E-state index in [-0.39, 0.29) is 23.9 Å². The van der Waals surface area contributed by atoms with E-state index in [1.54, 1.807) is 47.9 Å². The average molecular weight is 975 g/mol. The predicted molar refractivity (Wildman–Crippen MR) is 275 cm³/mol. The van der Waals surface area contributed by atoms with Crippen LogP contribution in [0.25, 0.3) is 65.5 Å². The summed E-state index contributed by atoms with van der Waals surface area (Å²) in [6, 6.07) is 15.8. The number of nitrogens with one attached hydrogen (secondary N) is 1. The molecule has 69 heavy (non-hydrogen) atoms. The van der Waals surface area contributed by atoms with Crippen LogP contribution >= 0.6 is 22.7 Å². The summed E-state index contributed by atoms with van der Waals surface area (Å²) in [5, 5.41) is 9.55. The molecular formula is C51H62N10O6S2. The number of amides is 3. The molecule has 2 saturated heterocycles. The van der Waals surface area contributed by atoms with Gasteiger partial charge in [0.2, 0.25) is 0 Å². The van der Waals surface area contributed by atoms with Crippen LogP contribution in [0.1, 0.15) is 81.0 Å². The maximum atomic E-state index is 13.6. The number of nitrogens with zero attached hydrogens (tertiary/aromatic N) is 8. The largest absolute Gasteiger partial charge is 0.494 e. The molecule has 2 aliphatic rings. The molecule has 0 unspecified atom stereocenters. The highest BCUT2D eigenvalue weighted by Gasteiger charge is 2.30. The molecule has 2 fully saturated rings. The number of benzene rings is 2. The summed E-state index contributed by atoms with van der Waals surface area (Å²) in [4.78, 5) is 55.1. The van der Waals surface area contributed by atoms with Gasteiger partial charge < -0.3 is 53.3 Å². The van der Waals surface area contributed by atoms with Crippen molar-refractivity contribution in [2.45, 2.75) is 91.1 Å². The first kappa shape index (κ1) is 47.7. The van der Waals surface area contributed by atoms with E-state index in [0.29, 0.717) is 47.8 Å². The summed E-state index contributed by atoms with van der Waals surface area (Å²) in [6.07, 6.45) is 3.03. The van der Waals surface area contributed by atoms with Crippen molar-refractivity contribution in [3.8, 4) is 34.5 Å². The number of imidazole rings is 2. The number of hydrogen-bond donors (Lipinski definition) is 2. The van der Waals surface area contributed by atoms with Crippen LogP contribution in [0.15, 0.2) is 59.3 Å². The Balaban J connectivity index is 0.000000175. The second kappa shape index (κ2) is 19.2. The summed E-state index contributed by atoms with van der Waals surface area (Å²) in [6.45, 7) is 13.8. The van der Waals surface area contributed by atoms with Crippen LogP contribution in [0.4, 0.5) is 4.79 Å². The number of fused-ring (bicyclic) bond motifs is 4. The van der Waals surface area contributed by atoms with Gasteiger partial charge in [0.1, 0.15) is 37.8 Å². The second-order valence-corrected chi connectivity index (χ2v) is 20.7. The summed E-state index contributed by atoms with van der Waals surface area (Å²) >= 11 is 3.46. The first-order chi connectivity index (χ1) is 33.1. The zero-order valence-corrected chi connectivity index (χ0v) is 42.6. The lowest BCUT2D eigenvalue weighted by Crippen LogP contribution is -2.50. The molecule has 0 bridgehead atoms. The van der Waals surface area contributed by atoms with Crippen molar-refractivity contribution in [2.75, 3.05) is 40.4 Å². The van der Waals surface area contributed by atoms with Crippen LogP contribution in [0.2, 0.25) is 0 Å². The number of thiophene rings is 2. The molecule has 0 spiro atoms. The van der Waals surface area contributed by atoms with Crippen molar-refractivity contribution in [3.63, 3.8) is 0 Å². The van der Waals surface area contributed by atoms with Crippen molar-refractivity contribution in [2.24, 2.45) is 19.8 Å². The molecule has 2 aliphatic heterocycles. The Labute approximate surface area is 409 Å². The lowest BCUT2D eigenvalue weighted by molar-refractivity contribution is 0.0452. The number of alkyl carbamates (subject to hydrolysis) is 1. The summed E-state index contributed by atoms with van der Waals surface area (Å²) < 4.78 is 25.5. The molecule has 16 nitrogen and oxygen atoms in total. The number of piperidine rings is 2. The van der Waals surface area contributed by atoms with E-state index in [1.165, 1.54) is 20.4 Å². The monoisotopic (exact) mass is 974 g/mol. The number of carbonyl (C=O) groups is 3. The highest BCUT2D eigenvalue weighted by atomic mass is 32.1. The minimum absolute atomic E-state index is 0.0139. The van der Waals surface area contributed by atoms with Crippen molar-refractivity contribution >= 4 is 83.1 Å². The van der Waals surface area contributed by atoms with E-state index >= 15 is 0 Å². The number of rotatable bonds is 9. The van der Waals surface area contributed by atoms with Gasteiger partial charge in [-0.05, 0) is 120 Å². The van der Waals surface area contributed by atoms with E-state index in [1.807, 2.05) is 62.5 Å². The fourth-order valence-electron chi connectivity index (χ4n) is 9.90. The lowest BCUT2D eigenvalue weighted by atomic mass is 10.0. The zero-order chi connectivity index (χ0) is 48.9. The topological polar surface area (TPSA) is 169 Å². The van der Waals surface area contributed by atoms with Gasteiger partial charge in [0, 0.05) is 87.3 Å². The van der Waals surface area contributed by atoms with E-state index in [4.69, 9.17) is 29.9 Å². The van der Waals surface area contributed by atoms with Gasteiger partial charge in [0.15, 0.2) is 11.6 Å². The van der Waals surface area contributed by atoms with Gasteiger partial charge in [-0.25, -0.2) is 14.8 Å².